The van der Waals surface area contributed by atoms with Gasteiger partial charge in [0.15, 0.2) is 0 Å². The summed E-state index contributed by atoms with van der Waals surface area (Å²) >= 11 is 0. The Morgan fingerprint density at radius 2 is 1.59 bits per heavy atom. The molecular weight excluding hydrogens is 214 g/mol. The summed E-state index contributed by atoms with van der Waals surface area (Å²) in [7, 11) is 0. The lowest BCUT2D eigenvalue weighted by atomic mass is 9.82. The molecule has 1 saturated heterocycles. The highest BCUT2D eigenvalue weighted by Gasteiger charge is 2.41. The van der Waals surface area contributed by atoms with Gasteiger partial charge in [0.05, 0.1) is 0 Å². The molecule has 0 aromatic carbocycles. The lowest BCUT2D eigenvalue weighted by Crippen LogP contribution is -2.61. The van der Waals surface area contributed by atoms with Gasteiger partial charge in [-0.3, -0.25) is 5.43 Å². The number of rotatable bonds is 2. The molecule has 1 aromatic rings. The molecule has 0 spiro atoms. The number of aromatic nitrogens is 3. The van der Waals surface area contributed by atoms with Crippen molar-refractivity contribution in [3.8, 4) is 0 Å². The van der Waals surface area contributed by atoms with Gasteiger partial charge < -0.3 is 0 Å². The summed E-state index contributed by atoms with van der Waals surface area (Å²) in [5, 5.41) is 2.28. The number of hydrazine groups is 1. The maximum absolute atomic E-state index is 4.13. The first-order valence-corrected chi connectivity index (χ1v) is 6.11. The molecule has 0 amide bonds. The first kappa shape index (κ1) is 12.2. The lowest BCUT2D eigenvalue weighted by Gasteiger charge is -2.52. The fourth-order valence-electron chi connectivity index (χ4n) is 2.70. The Hall–Kier alpha value is -1.23. The van der Waals surface area contributed by atoms with E-state index < -0.39 is 0 Å². The quantitative estimate of drug-likeness (QED) is 0.852. The lowest BCUT2D eigenvalue weighted by molar-refractivity contribution is -0.00403. The Labute approximate surface area is 103 Å². The van der Waals surface area contributed by atoms with Gasteiger partial charge in [-0.1, -0.05) is 0 Å². The van der Waals surface area contributed by atoms with Gasteiger partial charge in [0.1, 0.15) is 12.7 Å². The van der Waals surface area contributed by atoms with Crippen LogP contribution in [-0.2, 0) is 0 Å². The minimum Gasteiger partial charge on any atom is -0.286 e. The monoisotopic (exact) mass is 235 g/mol. The standard InChI is InChI=1S/C12H21N5/c1-11(2)6-5-7-12(3,4)17(11)16-10-14-8-13-9-15-10/h8-9H,5-7H2,1-4H3,(H,13,14,15,16). The largest absolute Gasteiger partial charge is 0.286 e. The molecule has 17 heavy (non-hydrogen) atoms. The van der Waals surface area contributed by atoms with Crippen molar-refractivity contribution in [1.29, 1.82) is 0 Å². The van der Waals surface area contributed by atoms with Crippen molar-refractivity contribution in [3.63, 3.8) is 0 Å². The van der Waals surface area contributed by atoms with Crippen LogP contribution in [0.4, 0.5) is 5.95 Å². The van der Waals surface area contributed by atoms with Gasteiger partial charge in [0.2, 0.25) is 5.95 Å². The molecule has 2 heterocycles. The van der Waals surface area contributed by atoms with E-state index in [1.54, 1.807) is 0 Å². The van der Waals surface area contributed by atoms with Crippen molar-refractivity contribution in [2.75, 3.05) is 5.43 Å². The zero-order valence-corrected chi connectivity index (χ0v) is 11.1. The van der Waals surface area contributed by atoms with Crippen LogP contribution in [0.2, 0.25) is 0 Å². The molecule has 0 aliphatic carbocycles. The van der Waals surface area contributed by atoms with Crippen LogP contribution in [-0.4, -0.2) is 31.0 Å². The average molecular weight is 235 g/mol. The molecule has 94 valence electrons. The molecule has 1 N–H and O–H groups in total. The van der Waals surface area contributed by atoms with Crippen molar-refractivity contribution >= 4 is 5.95 Å². The Bertz CT molecular complexity index is 358. The Kier molecular flexibility index (Phi) is 3.03. The van der Waals surface area contributed by atoms with E-state index in [2.05, 4.69) is 53.1 Å². The topological polar surface area (TPSA) is 53.9 Å². The zero-order chi connectivity index (χ0) is 12.5. The zero-order valence-electron chi connectivity index (χ0n) is 11.1. The molecule has 1 aliphatic heterocycles. The van der Waals surface area contributed by atoms with Crippen LogP contribution in [0.15, 0.2) is 12.7 Å². The summed E-state index contributed by atoms with van der Waals surface area (Å²) in [4.78, 5) is 12.1. The second-order valence-corrected chi connectivity index (χ2v) is 5.89. The van der Waals surface area contributed by atoms with Crippen LogP contribution >= 0.6 is 0 Å². The molecule has 1 aromatic heterocycles. The SMILES string of the molecule is CC1(C)CCCC(C)(C)N1Nc1ncncn1. The maximum Gasteiger partial charge on any atom is 0.240 e. The average Bonchev–Trinajstić information content (AvgIpc) is 2.25. The van der Waals surface area contributed by atoms with Gasteiger partial charge in [0.25, 0.3) is 0 Å². The molecule has 2 rings (SSSR count). The molecule has 5 heteroatoms. The molecule has 0 saturated carbocycles. The normalized spacial score (nSPS) is 23.3. The molecule has 0 radical (unpaired) electrons. The minimum absolute atomic E-state index is 0.106. The summed E-state index contributed by atoms with van der Waals surface area (Å²) < 4.78 is 0. The van der Waals surface area contributed by atoms with Crippen LogP contribution in [0.1, 0.15) is 47.0 Å². The highest BCUT2D eigenvalue weighted by atomic mass is 15.6. The summed E-state index contributed by atoms with van der Waals surface area (Å²) in [6, 6.07) is 0. The van der Waals surface area contributed by atoms with Crippen molar-refractivity contribution in [2.24, 2.45) is 0 Å². The van der Waals surface area contributed by atoms with Crippen LogP contribution in [0, 0.1) is 0 Å². The predicted octanol–water partition coefficient (Wildman–Crippen LogP) is 2.24. The Morgan fingerprint density at radius 1 is 1.06 bits per heavy atom. The number of anilines is 1. The third-order valence-electron chi connectivity index (χ3n) is 3.49. The van der Waals surface area contributed by atoms with Crippen molar-refractivity contribution in [1.82, 2.24) is 20.0 Å². The predicted molar refractivity (Wildman–Crippen MR) is 67.3 cm³/mol. The fourth-order valence-corrected chi connectivity index (χ4v) is 2.70. The molecule has 0 bridgehead atoms. The second-order valence-electron chi connectivity index (χ2n) is 5.89. The van der Waals surface area contributed by atoms with Crippen molar-refractivity contribution in [3.05, 3.63) is 12.7 Å². The highest BCUT2D eigenvalue weighted by Crippen LogP contribution is 2.37. The Balaban J connectivity index is 2.21. The number of nitrogens with zero attached hydrogens (tertiary/aromatic N) is 4. The van der Waals surface area contributed by atoms with Gasteiger partial charge in [-0.2, -0.15) is 0 Å². The maximum atomic E-state index is 4.13. The third-order valence-corrected chi connectivity index (χ3v) is 3.49. The summed E-state index contributed by atoms with van der Waals surface area (Å²) in [5.74, 6) is 0.614. The molecular formula is C12H21N5. The van der Waals surface area contributed by atoms with Crippen molar-refractivity contribution in [2.45, 2.75) is 58.0 Å². The second kappa shape index (κ2) is 4.22. The van der Waals surface area contributed by atoms with Crippen LogP contribution in [0.5, 0.6) is 0 Å². The molecule has 0 unspecified atom stereocenters. The summed E-state index contributed by atoms with van der Waals surface area (Å²) in [5.41, 5.74) is 3.54. The van der Waals surface area contributed by atoms with Gasteiger partial charge in [-0.15, -0.1) is 0 Å². The van der Waals surface area contributed by atoms with Gasteiger partial charge in [0, 0.05) is 11.1 Å². The molecule has 1 fully saturated rings. The minimum atomic E-state index is 0.106. The number of nitrogens with one attached hydrogen (secondary N) is 1. The van der Waals surface area contributed by atoms with Crippen molar-refractivity contribution < 1.29 is 0 Å². The van der Waals surface area contributed by atoms with E-state index in [9.17, 15) is 0 Å². The first-order chi connectivity index (χ1) is 7.92. The molecule has 1 aliphatic rings. The third kappa shape index (κ3) is 2.54. The van der Waals surface area contributed by atoms with E-state index in [4.69, 9.17) is 0 Å². The smallest absolute Gasteiger partial charge is 0.240 e. The van der Waals surface area contributed by atoms with Crippen LogP contribution in [0.3, 0.4) is 0 Å². The van der Waals surface area contributed by atoms with E-state index in [1.165, 1.54) is 31.9 Å². The number of hydrogen-bond donors (Lipinski definition) is 1. The van der Waals surface area contributed by atoms with E-state index in [-0.39, 0.29) is 11.1 Å². The first-order valence-electron chi connectivity index (χ1n) is 6.11. The highest BCUT2D eigenvalue weighted by molar-refractivity contribution is 5.21. The molecule has 0 atom stereocenters. The fraction of sp³-hybridized carbons (Fsp3) is 0.750. The number of hydrogen-bond acceptors (Lipinski definition) is 5. The van der Waals surface area contributed by atoms with Gasteiger partial charge in [-0.05, 0) is 47.0 Å². The van der Waals surface area contributed by atoms with Gasteiger partial charge in [-0.25, -0.2) is 20.0 Å². The van der Waals surface area contributed by atoms with Crippen LogP contribution < -0.4 is 5.43 Å². The van der Waals surface area contributed by atoms with Gasteiger partial charge >= 0.3 is 0 Å². The summed E-state index contributed by atoms with van der Waals surface area (Å²) in [6.07, 6.45) is 6.64. The molecule has 5 nitrogen and oxygen atoms in total. The summed E-state index contributed by atoms with van der Waals surface area (Å²) in [6.45, 7) is 9.01. The Morgan fingerprint density at radius 3 is 2.12 bits per heavy atom. The van der Waals surface area contributed by atoms with E-state index in [1.807, 2.05) is 0 Å². The number of piperidine rings is 1. The van der Waals surface area contributed by atoms with E-state index in [0.717, 1.165) is 0 Å². The van der Waals surface area contributed by atoms with E-state index in [0.29, 0.717) is 5.95 Å². The van der Waals surface area contributed by atoms with Crippen LogP contribution in [0.25, 0.3) is 0 Å². The van der Waals surface area contributed by atoms with E-state index >= 15 is 0 Å².